The molecule has 0 unspecified atom stereocenters. The molecule has 32 heavy (non-hydrogen) atoms. The number of nitrogens with one attached hydrogen (secondary N) is 3. The van der Waals surface area contributed by atoms with E-state index in [-0.39, 0.29) is 12.8 Å². The Bertz CT molecular complexity index is 712. The number of carbonyl (C=O) groups is 6. The van der Waals surface area contributed by atoms with Crippen LogP contribution in [0.2, 0.25) is 0 Å². The molecule has 0 heterocycles. The molecule has 0 aromatic carbocycles. The fourth-order valence-electron chi connectivity index (χ4n) is 2.46. The van der Waals surface area contributed by atoms with E-state index in [1.807, 2.05) is 0 Å². The number of carboxylic acid groups (broad SMARTS) is 3. The minimum absolute atomic E-state index is 0.226. The molecule has 0 aliphatic rings. The Morgan fingerprint density at radius 1 is 0.750 bits per heavy atom. The topological polar surface area (TPSA) is 245 Å². The number of amides is 3. The van der Waals surface area contributed by atoms with Crippen LogP contribution in [0.5, 0.6) is 0 Å². The average Bonchev–Trinajstić information content (AvgIpc) is 2.69. The van der Waals surface area contributed by atoms with Crippen molar-refractivity contribution >= 4 is 35.6 Å². The first kappa shape index (κ1) is 28.7. The molecule has 14 nitrogen and oxygen atoms in total. The van der Waals surface area contributed by atoms with E-state index in [9.17, 15) is 39.0 Å². The second-order valence-corrected chi connectivity index (χ2v) is 7.34. The minimum Gasteiger partial charge on any atom is -0.481 e. The van der Waals surface area contributed by atoms with Crippen LogP contribution in [0.1, 0.15) is 39.5 Å². The van der Waals surface area contributed by atoms with Crippen LogP contribution in [0.3, 0.4) is 0 Å². The average molecular weight is 462 g/mol. The maximum absolute atomic E-state index is 12.5. The summed E-state index contributed by atoms with van der Waals surface area (Å²) in [4.78, 5) is 69.7. The minimum atomic E-state index is -1.57. The fourth-order valence-corrected chi connectivity index (χ4v) is 2.46. The first-order chi connectivity index (χ1) is 14.8. The standard InChI is InChI=1S/C18H30N4O10/c1-8(2)14(18(31)32)22-16(29)10(4-6-13(26)27)20-17(30)11(7-23)21-15(28)9(19)3-5-12(24)25/h8-11,14,23H,3-7,19H2,1-2H3,(H,20,30)(H,21,28)(H,22,29)(H,24,25)(H,26,27)(H,31,32)/t9-,10-,11-,14-/m0/s1. The smallest absolute Gasteiger partial charge is 0.326 e. The highest BCUT2D eigenvalue weighted by Crippen LogP contribution is 2.05. The summed E-state index contributed by atoms with van der Waals surface area (Å²) >= 11 is 0. The monoisotopic (exact) mass is 462 g/mol. The molecule has 0 saturated carbocycles. The molecule has 9 N–H and O–H groups in total. The Morgan fingerprint density at radius 2 is 1.22 bits per heavy atom. The number of hydrogen-bond acceptors (Lipinski definition) is 8. The third-order valence-electron chi connectivity index (χ3n) is 4.33. The van der Waals surface area contributed by atoms with Crippen molar-refractivity contribution in [2.75, 3.05) is 6.61 Å². The molecule has 182 valence electrons. The lowest BCUT2D eigenvalue weighted by molar-refractivity contribution is -0.144. The van der Waals surface area contributed by atoms with Gasteiger partial charge in [-0.2, -0.15) is 0 Å². The van der Waals surface area contributed by atoms with Gasteiger partial charge in [-0.05, 0) is 18.8 Å². The number of carboxylic acids is 3. The van der Waals surface area contributed by atoms with Gasteiger partial charge in [0.05, 0.1) is 12.6 Å². The quantitative estimate of drug-likeness (QED) is 0.124. The lowest BCUT2D eigenvalue weighted by atomic mass is 10.0. The summed E-state index contributed by atoms with van der Waals surface area (Å²) in [6.45, 7) is 2.17. The third kappa shape index (κ3) is 10.7. The van der Waals surface area contributed by atoms with Gasteiger partial charge >= 0.3 is 17.9 Å². The zero-order valence-corrected chi connectivity index (χ0v) is 17.7. The molecule has 4 atom stereocenters. The summed E-state index contributed by atoms with van der Waals surface area (Å²) in [5.41, 5.74) is 5.54. The Hall–Kier alpha value is -3.26. The van der Waals surface area contributed by atoms with Gasteiger partial charge < -0.3 is 42.1 Å². The normalized spacial score (nSPS) is 14.5. The second kappa shape index (κ2) is 13.9. The molecular formula is C18H30N4O10. The number of aliphatic hydroxyl groups excluding tert-OH is 1. The molecule has 0 aliphatic heterocycles. The van der Waals surface area contributed by atoms with Crippen LogP contribution in [0.4, 0.5) is 0 Å². The number of hydrogen-bond donors (Lipinski definition) is 8. The maximum Gasteiger partial charge on any atom is 0.326 e. The number of carbonyl (C=O) groups excluding carboxylic acids is 3. The number of aliphatic hydroxyl groups is 1. The summed E-state index contributed by atoms with van der Waals surface area (Å²) in [5, 5.41) is 42.6. The van der Waals surface area contributed by atoms with Crippen molar-refractivity contribution in [1.82, 2.24) is 16.0 Å². The third-order valence-corrected chi connectivity index (χ3v) is 4.33. The molecule has 0 bridgehead atoms. The van der Waals surface area contributed by atoms with E-state index in [0.29, 0.717) is 0 Å². The van der Waals surface area contributed by atoms with Crippen molar-refractivity contribution in [3.8, 4) is 0 Å². The molecule has 0 saturated heterocycles. The van der Waals surface area contributed by atoms with Crippen molar-refractivity contribution in [1.29, 1.82) is 0 Å². The number of aliphatic carboxylic acids is 3. The zero-order chi connectivity index (χ0) is 25.0. The Labute approximate surface area is 183 Å². The van der Waals surface area contributed by atoms with Gasteiger partial charge in [0, 0.05) is 12.8 Å². The molecule has 0 aromatic heterocycles. The van der Waals surface area contributed by atoms with Crippen molar-refractivity contribution in [3.05, 3.63) is 0 Å². The van der Waals surface area contributed by atoms with E-state index < -0.39 is 85.2 Å². The van der Waals surface area contributed by atoms with Gasteiger partial charge in [-0.3, -0.25) is 24.0 Å². The van der Waals surface area contributed by atoms with Crippen LogP contribution in [-0.4, -0.2) is 86.8 Å². The highest BCUT2D eigenvalue weighted by Gasteiger charge is 2.31. The van der Waals surface area contributed by atoms with Crippen LogP contribution in [0.25, 0.3) is 0 Å². The summed E-state index contributed by atoms with van der Waals surface area (Å²) in [5.74, 6) is -7.21. The predicted octanol–water partition coefficient (Wildman–Crippen LogP) is -2.77. The fraction of sp³-hybridized carbons (Fsp3) is 0.667. The van der Waals surface area contributed by atoms with Gasteiger partial charge in [0.15, 0.2) is 0 Å². The second-order valence-electron chi connectivity index (χ2n) is 7.34. The first-order valence-electron chi connectivity index (χ1n) is 9.74. The van der Waals surface area contributed by atoms with Gasteiger partial charge in [-0.25, -0.2) is 4.79 Å². The summed E-state index contributed by atoms with van der Waals surface area (Å²) < 4.78 is 0. The molecule has 14 heteroatoms. The van der Waals surface area contributed by atoms with Crippen LogP contribution >= 0.6 is 0 Å². The SMILES string of the molecule is CC(C)[C@H](NC(=O)[C@H](CCC(=O)O)NC(=O)[C@H](CO)NC(=O)[C@@H](N)CCC(=O)O)C(=O)O. The van der Waals surface area contributed by atoms with E-state index in [1.54, 1.807) is 0 Å². The Morgan fingerprint density at radius 3 is 1.66 bits per heavy atom. The van der Waals surface area contributed by atoms with E-state index in [4.69, 9.17) is 15.9 Å². The van der Waals surface area contributed by atoms with Gasteiger partial charge in [0.2, 0.25) is 17.7 Å². The van der Waals surface area contributed by atoms with E-state index in [0.717, 1.165) is 0 Å². The number of rotatable bonds is 15. The molecule has 0 aromatic rings. The van der Waals surface area contributed by atoms with Crippen molar-refractivity contribution < 1.29 is 49.2 Å². The van der Waals surface area contributed by atoms with Crippen LogP contribution in [0, 0.1) is 5.92 Å². The van der Waals surface area contributed by atoms with Crippen LogP contribution in [0.15, 0.2) is 0 Å². The van der Waals surface area contributed by atoms with Crippen molar-refractivity contribution in [2.45, 2.75) is 63.7 Å². The molecule has 0 radical (unpaired) electrons. The molecule has 3 amide bonds. The molecule has 0 aliphatic carbocycles. The Balaban J connectivity index is 5.28. The number of nitrogens with two attached hydrogens (primary N) is 1. The molecule has 0 rings (SSSR count). The largest absolute Gasteiger partial charge is 0.481 e. The van der Waals surface area contributed by atoms with Gasteiger partial charge in [-0.15, -0.1) is 0 Å². The lowest BCUT2D eigenvalue weighted by Crippen LogP contribution is -2.58. The van der Waals surface area contributed by atoms with Crippen LogP contribution in [-0.2, 0) is 28.8 Å². The van der Waals surface area contributed by atoms with Gasteiger partial charge in [0.25, 0.3) is 0 Å². The molecule has 0 fully saturated rings. The van der Waals surface area contributed by atoms with Crippen molar-refractivity contribution in [2.24, 2.45) is 11.7 Å². The van der Waals surface area contributed by atoms with Gasteiger partial charge in [0.1, 0.15) is 18.1 Å². The predicted molar refractivity (Wildman–Crippen MR) is 107 cm³/mol. The van der Waals surface area contributed by atoms with E-state index in [1.165, 1.54) is 13.8 Å². The lowest BCUT2D eigenvalue weighted by Gasteiger charge is -2.25. The van der Waals surface area contributed by atoms with Gasteiger partial charge in [-0.1, -0.05) is 13.8 Å². The highest BCUT2D eigenvalue weighted by atomic mass is 16.4. The maximum atomic E-state index is 12.5. The Kier molecular flexibility index (Phi) is 12.5. The summed E-state index contributed by atoms with van der Waals surface area (Å²) in [7, 11) is 0. The van der Waals surface area contributed by atoms with E-state index >= 15 is 0 Å². The van der Waals surface area contributed by atoms with E-state index in [2.05, 4.69) is 16.0 Å². The first-order valence-corrected chi connectivity index (χ1v) is 9.74. The molecule has 0 spiro atoms. The zero-order valence-electron chi connectivity index (χ0n) is 17.7. The molecular weight excluding hydrogens is 432 g/mol. The van der Waals surface area contributed by atoms with Crippen molar-refractivity contribution in [3.63, 3.8) is 0 Å². The highest BCUT2D eigenvalue weighted by molar-refractivity contribution is 5.94. The van der Waals surface area contributed by atoms with Crippen LogP contribution < -0.4 is 21.7 Å². The summed E-state index contributed by atoms with van der Waals surface area (Å²) in [6.07, 6.45) is -1.55. The summed E-state index contributed by atoms with van der Waals surface area (Å²) in [6, 6.07) is -5.61.